The minimum Gasteiger partial charge on any atom is -0.501 e. The van der Waals surface area contributed by atoms with Crippen LogP contribution in [0.15, 0.2) is 132 Å². The Morgan fingerprint density at radius 3 is 2.07 bits per heavy atom. The molecule has 343 valence electrons. The first kappa shape index (κ1) is 46.7. The fraction of sp³-hybridized carbons (Fsp3) is 0.311. The van der Waals surface area contributed by atoms with E-state index in [1.165, 1.54) is 89.4 Å². The Morgan fingerprint density at radius 1 is 0.701 bits per heavy atom. The largest absolute Gasteiger partial charge is 0.501 e. The van der Waals surface area contributed by atoms with Gasteiger partial charge in [0.2, 0.25) is 0 Å². The number of fused-ring (bicyclic) bond motifs is 5. The predicted octanol–water partition coefficient (Wildman–Crippen LogP) is 16.0. The number of aromatic nitrogens is 3. The molecule has 6 aromatic carbocycles. The van der Waals surface area contributed by atoms with Crippen molar-refractivity contribution in [1.29, 1.82) is 0 Å². The van der Waals surface area contributed by atoms with Crippen LogP contribution in [0, 0.1) is 18.1 Å². The Kier molecular flexibility index (Phi) is 13.7. The molecule has 0 N–H and O–H groups in total. The van der Waals surface area contributed by atoms with Crippen LogP contribution in [-0.4, -0.2) is 22.6 Å². The first-order chi connectivity index (χ1) is 32.0. The van der Waals surface area contributed by atoms with Gasteiger partial charge in [0.05, 0.1) is 30.5 Å². The van der Waals surface area contributed by atoms with Crippen molar-refractivity contribution in [2.45, 2.75) is 117 Å². The topological polar surface area (TPSA) is 43.9 Å². The molecule has 3 heterocycles. The number of furan rings is 1. The molecule has 0 atom stereocenters. The standard InChI is InChI=1S/C41H37N2O.C20H26NSi.Ir/c1-25(2)33-22-30(27-13-6-5-7-14-27)23-34(26(3)4)39(33)43-37-20-11-10-19-36(37)42-41(43)32-18-12-17-31-35-21-28-15-8-9-16-29(28)24-38(35)44-40(31)32;1-22(2,3)20-15-21-19(17-11-5-4-6-12-17)14-18(20)13-16-9-7-8-10-16;/h5-7,10-14,17,19-26H,8-9,15-16H2,1-4H3;4-6,11,14-16H,7-10,13H2,1-3H3;/q2*-1;. The molecule has 0 amide bonds. The van der Waals surface area contributed by atoms with Crippen LogP contribution in [0.4, 0.5) is 0 Å². The Bertz CT molecular complexity index is 3140. The average molecular weight is 1070 g/mol. The first-order valence-electron chi connectivity index (χ1n) is 24.6. The number of aryl methyl sites for hydroxylation is 2. The predicted molar refractivity (Wildman–Crippen MR) is 280 cm³/mol. The van der Waals surface area contributed by atoms with Gasteiger partial charge in [0.25, 0.3) is 0 Å². The Labute approximate surface area is 412 Å². The molecule has 0 bridgehead atoms. The molecule has 6 heteroatoms. The molecular formula is C61H63IrN3OSi-2. The molecular weight excluding hydrogens is 1010 g/mol. The van der Waals surface area contributed by atoms with Crippen LogP contribution in [0.1, 0.15) is 106 Å². The van der Waals surface area contributed by atoms with E-state index in [9.17, 15) is 0 Å². The van der Waals surface area contributed by atoms with E-state index in [-0.39, 0.29) is 20.1 Å². The number of nitrogens with zero attached hydrogens (tertiary/aromatic N) is 3. The van der Waals surface area contributed by atoms with Gasteiger partial charge in [-0.15, -0.1) is 54.1 Å². The van der Waals surface area contributed by atoms with Gasteiger partial charge >= 0.3 is 0 Å². The summed E-state index contributed by atoms with van der Waals surface area (Å²) in [4.78, 5) is 10.1. The van der Waals surface area contributed by atoms with Gasteiger partial charge in [-0.05, 0) is 131 Å². The normalized spacial score (nSPS) is 14.2. The first-order valence-corrected chi connectivity index (χ1v) is 28.1. The molecule has 1 fully saturated rings. The molecule has 0 spiro atoms. The number of para-hydroxylation sites is 2. The summed E-state index contributed by atoms with van der Waals surface area (Å²) < 4.78 is 9.13. The van der Waals surface area contributed by atoms with Crippen molar-refractivity contribution in [2.24, 2.45) is 5.92 Å². The third kappa shape index (κ3) is 9.43. The van der Waals surface area contributed by atoms with Gasteiger partial charge in [0, 0.05) is 37.4 Å². The van der Waals surface area contributed by atoms with Crippen LogP contribution in [-0.2, 0) is 39.4 Å². The van der Waals surface area contributed by atoms with Gasteiger partial charge in [-0.2, -0.15) is 0 Å². The van der Waals surface area contributed by atoms with Crippen molar-refractivity contribution in [3.63, 3.8) is 0 Å². The summed E-state index contributed by atoms with van der Waals surface area (Å²) in [7, 11) is -1.35. The zero-order valence-electron chi connectivity index (χ0n) is 40.3. The monoisotopic (exact) mass is 1070 g/mol. The molecule has 3 aromatic heterocycles. The molecule has 67 heavy (non-hydrogen) atoms. The van der Waals surface area contributed by atoms with Crippen molar-refractivity contribution >= 4 is 46.2 Å². The summed E-state index contributed by atoms with van der Waals surface area (Å²) in [6, 6.07) is 50.3. The van der Waals surface area contributed by atoms with Crippen LogP contribution in [0.25, 0.3) is 72.4 Å². The van der Waals surface area contributed by atoms with Crippen molar-refractivity contribution < 1.29 is 24.5 Å². The van der Waals surface area contributed by atoms with Crippen LogP contribution in [0.2, 0.25) is 19.6 Å². The van der Waals surface area contributed by atoms with Crippen molar-refractivity contribution in [3.8, 4) is 39.5 Å². The van der Waals surface area contributed by atoms with Gasteiger partial charge in [0.1, 0.15) is 5.58 Å². The van der Waals surface area contributed by atoms with E-state index in [1.54, 1.807) is 10.8 Å². The Balaban J connectivity index is 0.000000206. The van der Waals surface area contributed by atoms with Gasteiger partial charge in [0.15, 0.2) is 0 Å². The van der Waals surface area contributed by atoms with Gasteiger partial charge in [-0.1, -0.05) is 138 Å². The second kappa shape index (κ2) is 19.7. The maximum atomic E-state index is 6.74. The maximum absolute atomic E-state index is 6.74. The van der Waals surface area contributed by atoms with Crippen LogP contribution >= 0.6 is 0 Å². The van der Waals surface area contributed by atoms with Crippen molar-refractivity contribution in [1.82, 2.24) is 14.5 Å². The van der Waals surface area contributed by atoms with Crippen molar-refractivity contribution in [2.75, 3.05) is 0 Å². The number of rotatable bonds is 9. The fourth-order valence-electron chi connectivity index (χ4n) is 10.7. The van der Waals surface area contributed by atoms with E-state index in [1.807, 2.05) is 18.2 Å². The summed E-state index contributed by atoms with van der Waals surface area (Å²) in [6.45, 7) is 16.5. The SMILES string of the molecule is CC(C)c1cc(-c2ccccc2)cc(C(C)C)c1-n1c(-c2[c-]ccc3c2oc2cc4c(cc23)CCCC4)nc2ccccc21.C[Si](C)(C)c1cnc(-c2[c-]cccc2)cc1CC1CCCC1.[Ir]. The summed E-state index contributed by atoms with van der Waals surface area (Å²) in [5.74, 6) is 2.36. The smallest absolute Gasteiger partial charge is 0.121 e. The van der Waals surface area contributed by atoms with Gasteiger partial charge in [-0.3, -0.25) is 4.98 Å². The zero-order chi connectivity index (χ0) is 45.5. The molecule has 4 nitrogen and oxygen atoms in total. The Morgan fingerprint density at radius 2 is 1.39 bits per heavy atom. The van der Waals surface area contributed by atoms with E-state index in [4.69, 9.17) is 14.4 Å². The summed E-state index contributed by atoms with van der Waals surface area (Å²) >= 11 is 0. The van der Waals surface area contributed by atoms with Gasteiger partial charge in [-0.25, -0.2) is 0 Å². The summed E-state index contributed by atoms with van der Waals surface area (Å²) in [5.41, 5.74) is 17.8. The zero-order valence-corrected chi connectivity index (χ0v) is 43.7. The minimum atomic E-state index is -1.35. The third-order valence-electron chi connectivity index (χ3n) is 14.2. The number of benzene rings is 6. The quantitative estimate of drug-likeness (QED) is 0.107. The molecule has 0 aliphatic heterocycles. The second-order valence-electron chi connectivity index (χ2n) is 20.6. The number of pyridine rings is 1. The summed E-state index contributed by atoms with van der Waals surface area (Å²) in [6.07, 6.45) is 13.8. The number of hydrogen-bond acceptors (Lipinski definition) is 3. The molecule has 1 saturated carbocycles. The molecule has 0 unspecified atom stereocenters. The molecule has 9 aromatic rings. The maximum Gasteiger partial charge on any atom is 0.121 e. The van der Waals surface area contributed by atoms with Crippen LogP contribution < -0.4 is 5.19 Å². The summed E-state index contributed by atoms with van der Waals surface area (Å²) in [5, 5.41) is 3.86. The minimum absolute atomic E-state index is 0. The fourth-order valence-corrected chi connectivity index (χ4v) is 12.3. The average Bonchev–Trinajstić information content (AvgIpc) is 4.08. The van der Waals surface area contributed by atoms with E-state index in [0.717, 1.165) is 69.0 Å². The molecule has 2 aliphatic carbocycles. The molecule has 1 radical (unpaired) electrons. The van der Waals surface area contributed by atoms with Gasteiger partial charge < -0.3 is 14.0 Å². The molecule has 0 saturated heterocycles. The molecule has 2 aliphatic rings. The van der Waals surface area contributed by atoms with E-state index >= 15 is 0 Å². The molecule has 11 rings (SSSR count). The van der Waals surface area contributed by atoms with E-state index < -0.39 is 8.07 Å². The van der Waals surface area contributed by atoms with E-state index in [2.05, 4.69) is 173 Å². The van der Waals surface area contributed by atoms with Crippen molar-refractivity contribution in [3.05, 3.63) is 167 Å². The Hall–Kier alpha value is -5.39. The van der Waals surface area contributed by atoms with E-state index in [0.29, 0.717) is 11.8 Å². The third-order valence-corrected chi connectivity index (χ3v) is 16.3. The number of hydrogen-bond donors (Lipinski definition) is 0. The van der Waals surface area contributed by atoms with Crippen LogP contribution in [0.3, 0.4) is 0 Å². The number of imidazole rings is 1. The van der Waals surface area contributed by atoms with Crippen LogP contribution in [0.5, 0.6) is 0 Å². The second-order valence-corrected chi connectivity index (χ2v) is 25.6.